The third kappa shape index (κ3) is 7.12. The van der Waals surface area contributed by atoms with Crippen LogP contribution in [0.2, 0.25) is 5.02 Å². The molecule has 3 N–H and O–H groups in total. The fourth-order valence-electron chi connectivity index (χ4n) is 4.16. The van der Waals surface area contributed by atoms with Gasteiger partial charge in [-0.2, -0.15) is 17.6 Å². The number of pyridine rings is 1. The summed E-state index contributed by atoms with van der Waals surface area (Å²) in [5.41, 5.74) is -0.385. The Labute approximate surface area is 236 Å². The predicted octanol–water partition coefficient (Wildman–Crippen LogP) is 6.98. The maximum atomic E-state index is 13.8. The molecule has 0 saturated carbocycles. The van der Waals surface area contributed by atoms with E-state index in [-0.39, 0.29) is 34.0 Å². The van der Waals surface area contributed by atoms with Crippen LogP contribution in [0, 0.1) is 0 Å². The number of urea groups is 1. The van der Waals surface area contributed by atoms with Gasteiger partial charge in [-0.1, -0.05) is 60.1 Å². The molecule has 4 rings (SSSR count). The van der Waals surface area contributed by atoms with Gasteiger partial charge in [-0.25, -0.2) is 9.59 Å². The van der Waals surface area contributed by atoms with Crippen molar-refractivity contribution < 1.29 is 37.0 Å². The Morgan fingerprint density at radius 1 is 0.951 bits per heavy atom. The number of hydrogen-bond donors (Lipinski definition) is 3. The predicted molar refractivity (Wildman–Crippen MR) is 144 cm³/mol. The number of hydrogen-bond acceptors (Lipinski definition) is 4. The molecule has 0 saturated heterocycles. The first-order valence-electron chi connectivity index (χ1n) is 12.0. The molecule has 12 heteroatoms. The summed E-state index contributed by atoms with van der Waals surface area (Å²) < 4.78 is 57.7. The van der Waals surface area contributed by atoms with E-state index in [1.165, 1.54) is 54.7 Å². The fraction of sp³-hybridized carbons (Fsp3) is 0.138. The molecule has 0 spiro atoms. The molecule has 212 valence electrons. The highest BCUT2D eigenvalue weighted by molar-refractivity contribution is 6.30. The van der Waals surface area contributed by atoms with E-state index in [9.17, 15) is 32.3 Å². The second kappa shape index (κ2) is 12.3. The summed E-state index contributed by atoms with van der Waals surface area (Å²) >= 11 is 6.06. The van der Waals surface area contributed by atoms with Crippen LogP contribution in [-0.2, 0) is 12.0 Å². The minimum absolute atomic E-state index is 0.0275. The van der Waals surface area contributed by atoms with Crippen molar-refractivity contribution in [1.82, 2.24) is 10.3 Å². The van der Waals surface area contributed by atoms with Crippen molar-refractivity contribution in [2.75, 3.05) is 5.32 Å². The Bertz CT molecular complexity index is 1520. The quantitative estimate of drug-likeness (QED) is 0.174. The van der Waals surface area contributed by atoms with Crippen LogP contribution in [0.3, 0.4) is 0 Å². The van der Waals surface area contributed by atoms with Crippen molar-refractivity contribution in [1.29, 1.82) is 0 Å². The van der Waals surface area contributed by atoms with Gasteiger partial charge in [-0.15, -0.1) is 0 Å². The van der Waals surface area contributed by atoms with Gasteiger partial charge in [0, 0.05) is 18.3 Å². The number of carbonyl (C=O) groups is 2. The maximum absolute atomic E-state index is 13.8. The maximum Gasteiger partial charge on any atom is 0.461 e. The van der Waals surface area contributed by atoms with E-state index in [1.54, 1.807) is 30.3 Å². The minimum Gasteiger partial charge on any atom is -0.478 e. The van der Waals surface area contributed by atoms with E-state index in [2.05, 4.69) is 20.4 Å². The van der Waals surface area contributed by atoms with Crippen molar-refractivity contribution in [2.45, 2.75) is 24.5 Å². The smallest absolute Gasteiger partial charge is 0.461 e. The normalized spacial score (nSPS) is 12.8. The minimum atomic E-state index is -4.76. The van der Waals surface area contributed by atoms with Crippen molar-refractivity contribution in [2.24, 2.45) is 0 Å². The number of aromatic nitrogens is 1. The fourth-order valence-corrected chi connectivity index (χ4v) is 4.28. The van der Waals surface area contributed by atoms with Crippen LogP contribution in [0.1, 0.15) is 27.2 Å². The average molecular weight is 588 g/mol. The molecule has 1 heterocycles. The van der Waals surface area contributed by atoms with Gasteiger partial charge in [-0.3, -0.25) is 4.98 Å². The van der Waals surface area contributed by atoms with Gasteiger partial charge >= 0.3 is 24.5 Å². The second-order valence-corrected chi connectivity index (χ2v) is 9.32. The van der Waals surface area contributed by atoms with Gasteiger partial charge in [0.05, 0.1) is 16.3 Å². The zero-order valence-electron chi connectivity index (χ0n) is 21.0. The number of anilines is 1. The Morgan fingerprint density at radius 2 is 1.68 bits per heavy atom. The first kappa shape index (κ1) is 29.3. The monoisotopic (exact) mass is 587 g/mol. The van der Waals surface area contributed by atoms with E-state index in [0.29, 0.717) is 5.56 Å². The highest BCUT2D eigenvalue weighted by Gasteiger charge is 2.44. The van der Waals surface area contributed by atoms with Crippen LogP contribution < -0.4 is 15.4 Å². The van der Waals surface area contributed by atoms with Gasteiger partial charge in [0.25, 0.3) is 0 Å². The number of nitrogens with one attached hydrogen (secondary N) is 2. The number of halogens is 5. The first-order valence-corrected chi connectivity index (χ1v) is 12.4. The molecule has 2 amide bonds. The van der Waals surface area contributed by atoms with Crippen molar-refractivity contribution in [3.8, 4) is 5.75 Å². The number of nitrogens with zero attached hydrogens (tertiary/aromatic N) is 1. The number of carbonyl (C=O) groups excluding carboxylic acids is 1. The largest absolute Gasteiger partial charge is 0.478 e. The Hall–Kier alpha value is -4.64. The molecule has 0 radical (unpaired) electrons. The number of ether oxygens (including phenoxy) is 1. The molecule has 0 aliphatic heterocycles. The number of aromatic carboxylic acids is 1. The van der Waals surface area contributed by atoms with E-state index >= 15 is 0 Å². The Balaban J connectivity index is 1.83. The summed E-state index contributed by atoms with van der Waals surface area (Å²) in [6.07, 6.45) is -7.49. The highest BCUT2D eigenvalue weighted by Crippen LogP contribution is 2.36. The first-order chi connectivity index (χ1) is 19.5. The lowest BCUT2D eigenvalue weighted by molar-refractivity contribution is -0.253. The van der Waals surface area contributed by atoms with Gasteiger partial charge in [-0.05, 0) is 53.6 Å². The van der Waals surface area contributed by atoms with Gasteiger partial charge < -0.3 is 20.5 Å². The summed E-state index contributed by atoms with van der Waals surface area (Å²) in [5.74, 6) is -1.77. The molecule has 3 aromatic carbocycles. The number of benzene rings is 3. The highest BCUT2D eigenvalue weighted by atomic mass is 35.5. The number of alkyl halides is 4. The standard InChI is InChI=1S/C29H22ClF4N3O4/c30-21-12-13-24(35-17-21)28(16-18-6-2-1-3-7-18,20-9-5-11-23(15-20)41-29(33,34)26(31)32)37-27(40)36-22-10-4-8-19(14-22)25(38)39/h1-15,17,26H,16H2,(H,38,39)(H2,36,37,40)/t28-/m0/s1. The zero-order chi connectivity index (χ0) is 29.6. The molecular weight excluding hydrogens is 566 g/mol. The molecule has 1 aromatic heterocycles. The zero-order valence-corrected chi connectivity index (χ0v) is 21.8. The van der Waals surface area contributed by atoms with Crippen molar-refractivity contribution in [3.63, 3.8) is 0 Å². The third-order valence-corrected chi connectivity index (χ3v) is 6.23. The Kier molecular flexibility index (Phi) is 8.77. The summed E-state index contributed by atoms with van der Waals surface area (Å²) in [7, 11) is 0. The lowest BCUT2D eigenvalue weighted by atomic mass is 9.80. The molecular formula is C29H22ClF4N3O4. The summed E-state index contributed by atoms with van der Waals surface area (Å²) in [6.45, 7) is 0. The van der Waals surface area contributed by atoms with Crippen LogP contribution in [0.15, 0.2) is 97.2 Å². The van der Waals surface area contributed by atoms with E-state index < -0.39 is 35.8 Å². The number of amides is 2. The molecule has 0 fully saturated rings. The van der Waals surface area contributed by atoms with Crippen molar-refractivity contribution >= 4 is 29.3 Å². The summed E-state index contributed by atoms with van der Waals surface area (Å²) in [6, 6.07) is 21.6. The van der Waals surface area contributed by atoms with Gasteiger partial charge in [0.2, 0.25) is 0 Å². The molecule has 4 aromatic rings. The number of carboxylic acids is 1. The molecule has 1 atom stereocenters. The van der Waals surface area contributed by atoms with Crippen LogP contribution in [0.5, 0.6) is 5.75 Å². The summed E-state index contributed by atoms with van der Waals surface area (Å²) in [4.78, 5) is 29.2. The van der Waals surface area contributed by atoms with Crippen molar-refractivity contribution in [3.05, 3.63) is 125 Å². The van der Waals surface area contributed by atoms with E-state index in [1.807, 2.05) is 0 Å². The van der Waals surface area contributed by atoms with Crippen LogP contribution in [0.4, 0.5) is 28.0 Å². The average Bonchev–Trinajstić information content (AvgIpc) is 2.93. The van der Waals surface area contributed by atoms with Gasteiger partial charge in [0.15, 0.2) is 0 Å². The number of rotatable bonds is 10. The molecule has 7 nitrogen and oxygen atoms in total. The topological polar surface area (TPSA) is 101 Å². The molecule has 0 aliphatic carbocycles. The summed E-state index contributed by atoms with van der Waals surface area (Å²) in [5, 5.41) is 15.0. The van der Waals surface area contributed by atoms with Crippen LogP contribution in [-0.4, -0.2) is 34.6 Å². The van der Waals surface area contributed by atoms with Crippen LogP contribution >= 0.6 is 11.6 Å². The third-order valence-electron chi connectivity index (χ3n) is 6.01. The van der Waals surface area contributed by atoms with E-state index in [4.69, 9.17) is 11.6 Å². The van der Waals surface area contributed by atoms with Gasteiger partial charge in [0.1, 0.15) is 11.3 Å². The second-order valence-electron chi connectivity index (χ2n) is 8.89. The van der Waals surface area contributed by atoms with E-state index in [0.717, 1.165) is 12.1 Å². The number of carboxylic acid groups (broad SMARTS) is 1. The molecule has 0 bridgehead atoms. The molecule has 41 heavy (non-hydrogen) atoms. The lowest BCUT2D eigenvalue weighted by Gasteiger charge is -2.35. The van der Waals surface area contributed by atoms with Crippen LogP contribution in [0.25, 0.3) is 0 Å². The SMILES string of the molecule is O=C(Nc1cccc(C(=O)O)c1)N[C@@](Cc1ccccc1)(c1cccc(OC(F)(F)C(F)F)c1)c1ccc(Cl)cn1. The molecule has 0 unspecified atom stereocenters. The Morgan fingerprint density at radius 3 is 2.34 bits per heavy atom. The molecule has 0 aliphatic rings. The lowest BCUT2D eigenvalue weighted by Crippen LogP contribution is -2.50.